The van der Waals surface area contributed by atoms with E-state index in [1.807, 2.05) is 13.8 Å². The minimum absolute atomic E-state index is 0.112. The van der Waals surface area contributed by atoms with Gasteiger partial charge in [0.15, 0.2) is 16.5 Å². The quantitative estimate of drug-likeness (QED) is 0.399. The van der Waals surface area contributed by atoms with Crippen LogP contribution in [0.25, 0.3) is 0 Å². The molecule has 178 valence electrons. The van der Waals surface area contributed by atoms with Gasteiger partial charge in [0.25, 0.3) is 0 Å². The summed E-state index contributed by atoms with van der Waals surface area (Å²) >= 11 is 0. The molecule has 2 atom stereocenters. The van der Waals surface area contributed by atoms with Crippen LogP contribution in [-0.2, 0) is 20.0 Å². The molecule has 0 aliphatic heterocycles. The standard InChI is InChI=1S/C17H14F7NO5S2/c1-3-8(2)9-4-6-10(7-5-9)30-15-11(18)13(20)16(14(21)12(15)19)31(26,27)25-32(28,29)17(22,23)24/h4-8H,3H2,1-2H3,(H,25,26,27). The molecule has 2 aromatic rings. The Labute approximate surface area is 178 Å². The van der Waals surface area contributed by atoms with Crippen LogP contribution in [-0.4, -0.2) is 22.7 Å². The summed E-state index contributed by atoms with van der Waals surface area (Å²) in [4.78, 5) is -2.56. The fraction of sp³-hybridized carbons (Fsp3) is 0.294. The van der Waals surface area contributed by atoms with Crippen LogP contribution < -0.4 is 4.74 Å². The lowest BCUT2D eigenvalue weighted by Crippen LogP contribution is -2.23. The predicted molar refractivity (Wildman–Crippen MR) is 97.9 cm³/mol. The van der Waals surface area contributed by atoms with E-state index in [1.54, 1.807) is 0 Å². The van der Waals surface area contributed by atoms with E-state index < -0.39 is 59.5 Å². The number of hydrogen-bond donors (Lipinski definition) is 1. The summed E-state index contributed by atoms with van der Waals surface area (Å²) in [6.45, 7) is 3.79. The first-order chi connectivity index (χ1) is 14.5. The summed E-state index contributed by atoms with van der Waals surface area (Å²) in [6, 6.07) is 5.43. The Morgan fingerprint density at radius 2 is 1.44 bits per heavy atom. The maximum atomic E-state index is 14.3. The van der Waals surface area contributed by atoms with Crippen molar-refractivity contribution in [3.8, 4) is 11.5 Å². The largest absolute Gasteiger partial charge is 0.519 e. The molecule has 2 aromatic carbocycles. The van der Waals surface area contributed by atoms with Gasteiger partial charge in [0.2, 0.25) is 27.4 Å². The normalized spacial score (nSPS) is 15.2. The van der Waals surface area contributed by atoms with Gasteiger partial charge in [0.1, 0.15) is 5.75 Å². The average Bonchev–Trinajstić information content (AvgIpc) is 2.67. The maximum absolute atomic E-state index is 14.3. The third-order valence-corrected chi connectivity index (χ3v) is 7.29. The summed E-state index contributed by atoms with van der Waals surface area (Å²) in [7, 11) is -12.9. The fourth-order valence-corrected chi connectivity index (χ4v) is 4.69. The van der Waals surface area contributed by atoms with Gasteiger partial charge in [-0.1, -0.05) is 29.7 Å². The molecule has 0 saturated carbocycles. The molecule has 0 aliphatic rings. The summed E-state index contributed by atoms with van der Waals surface area (Å²) in [6.07, 6.45) is 0.761. The van der Waals surface area contributed by atoms with Crippen LogP contribution in [0, 0.1) is 23.3 Å². The predicted octanol–water partition coefficient (Wildman–Crippen LogP) is 5.70. The van der Waals surface area contributed by atoms with Crippen molar-refractivity contribution in [2.24, 2.45) is 3.77 Å². The SMILES string of the molecule is CCC(C)c1ccc(Oc2c(F)c(F)c(S(=O)(O)=NS(=O)(=O)C(F)(F)F)c(F)c2F)cc1. The van der Waals surface area contributed by atoms with Crippen molar-refractivity contribution >= 4 is 20.0 Å². The molecule has 1 N–H and O–H groups in total. The highest BCUT2D eigenvalue weighted by Crippen LogP contribution is 2.37. The third-order valence-electron chi connectivity index (χ3n) is 4.22. The molecule has 32 heavy (non-hydrogen) atoms. The van der Waals surface area contributed by atoms with Crippen molar-refractivity contribution in [2.75, 3.05) is 0 Å². The Morgan fingerprint density at radius 3 is 1.84 bits per heavy atom. The van der Waals surface area contributed by atoms with E-state index in [2.05, 4.69) is 0 Å². The first-order valence-corrected chi connectivity index (χ1v) is 11.4. The van der Waals surface area contributed by atoms with Crippen LogP contribution in [0.5, 0.6) is 11.5 Å². The van der Waals surface area contributed by atoms with Crippen molar-refractivity contribution in [3.63, 3.8) is 0 Å². The second-order valence-corrected chi connectivity index (χ2v) is 9.80. The van der Waals surface area contributed by atoms with Crippen LogP contribution in [0.15, 0.2) is 32.9 Å². The highest BCUT2D eigenvalue weighted by atomic mass is 32.3. The molecule has 0 radical (unpaired) electrons. The van der Waals surface area contributed by atoms with Crippen molar-refractivity contribution in [1.82, 2.24) is 0 Å². The van der Waals surface area contributed by atoms with Crippen molar-refractivity contribution in [1.29, 1.82) is 0 Å². The molecule has 0 saturated heterocycles. The van der Waals surface area contributed by atoms with Gasteiger partial charge in [-0.15, -0.1) is 0 Å². The molecule has 0 aromatic heterocycles. The summed E-state index contributed by atoms with van der Waals surface area (Å²) in [5.41, 5.74) is -5.41. The van der Waals surface area contributed by atoms with Gasteiger partial charge in [-0.2, -0.15) is 30.4 Å². The zero-order chi connectivity index (χ0) is 24.6. The Kier molecular flexibility index (Phi) is 7.16. The lowest BCUT2D eigenvalue weighted by Gasteiger charge is -2.14. The minimum atomic E-state index is -6.74. The van der Waals surface area contributed by atoms with Crippen molar-refractivity contribution < 1.29 is 52.6 Å². The molecule has 0 heterocycles. The number of benzene rings is 2. The van der Waals surface area contributed by atoms with Gasteiger partial charge in [-0.25, -0.2) is 13.0 Å². The number of rotatable bonds is 6. The number of ether oxygens (including phenoxy) is 1. The van der Waals surface area contributed by atoms with Gasteiger partial charge < -0.3 is 4.74 Å². The van der Waals surface area contributed by atoms with E-state index in [4.69, 9.17) is 4.74 Å². The van der Waals surface area contributed by atoms with Crippen LogP contribution in [0.1, 0.15) is 31.7 Å². The third kappa shape index (κ3) is 4.99. The van der Waals surface area contributed by atoms with Gasteiger partial charge in [-0.05, 0) is 30.0 Å². The zero-order valence-corrected chi connectivity index (χ0v) is 17.7. The maximum Gasteiger partial charge on any atom is 0.519 e. The number of halogens is 7. The number of alkyl halides is 3. The smallest absolute Gasteiger partial charge is 0.451 e. The summed E-state index contributed by atoms with van der Waals surface area (Å²) < 4.78 is 144. The van der Waals surface area contributed by atoms with E-state index in [1.165, 1.54) is 28.0 Å². The molecule has 6 nitrogen and oxygen atoms in total. The topological polar surface area (TPSA) is 93.0 Å². The Balaban J connectivity index is 2.61. The van der Waals surface area contributed by atoms with Gasteiger partial charge in [0.05, 0.1) is 0 Å². The Hall–Kier alpha value is -2.39. The van der Waals surface area contributed by atoms with E-state index in [0.29, 0.717) is 0 Å². The number of sulfonamides is 1. The highest BCUT2D eigenvalue weighted by molar-refractivity contribution is 8.01. The molecule has 15 heteroatoms. The molecular weight excluding hydrogens is 495 g/mol. The second-order valence-electron chi connectivity index (χ2n) is 6.39. The van der Waals surface area contributed by atoms with Crippen LogP contribution in [0.4, 0.5) is 30.7 Å². The first kappa shape index (κ1) is 25.9. The van der Waals surface area contributed by atoms with E-state index in [0.717, 1.165) is 12.0 Å². The van der Waals surface area contributed by atoms with E-state index in [9.17, 15) is 47.9 Å². The first-order valence-electron chi connectivity index (χ1n) is 8.49. The molecule has 2 rings (SSSR count). The average molecular weight is 509 g/mol. The molecule has 0 bridgehead atoms. The van der Waals surface area contributed by atoms with Gasteiger partial charge >= 0.3 is 15.5 Å². The Morgan fingerprint density at radius 1 is 0.969 bits per heavy atom. The lowest BCUT2D eigenvalue weighted by molar-refractivity contribution is -0.0435. The Bertz CT molecular complexity index is 1220. The van der Waals surface area contributed by atoms with Crippen LogP contribution in [0.3, 0.4) is 0 Å². The molecule has 0 spiro atoms. The van der Waals surface area contributed by atoms with Crippen LogP contribution in [0.2, 0.25) is 0 Å². The van der Waals surface area contributed by atoms with Gasteiger partial charge in [0, 0.05) is 0 Å². The number of nitrogens with zero attached hydrogens (tertiary/aromatic N) is 1. The van der Waals surface area contributed by atoms with Crippen LogP contribution >= 0.6 is 0 Å². The summed E-state index contributed by atoms with van der Waals surface area (Å²) in [5, 5.41) is 0. The van der Waals surface area contributed by atoms with E-state index in [-0.39, 0.29) is 11.7 Å². The van der Waals surface area contributed by atoms with Gasteiger partial charge in [-0.3, -0.25) is 4.55 Å². The molecule has 0 fully saturated rings. The minimum Gasteiger partial charge on any atom is -0.451 e. The monoisotopic (exact) mass is 509 g/mol. The molecule has 0 amide bonds. The van der Waals surface area contributed by atoms with Crippen molar-refractivity contribution in [2.45, 2.75) is 36.6 Å². The molecule has 2 unspecified atom stereocenters. The zero-order valence-electron chi connectivity index (χ0n) is 16.1. The number of hydrogen-bond acceptors (Lipinski definition) is 4. The molecular formula is C17H14F7NO5S2. The lowest BCUT2D eigenvalue weighted by atomic mass is 9.99. The van der Waals surface area contributed by atoms with Crippen molar-refractivity contribution in [3.05, 3.63) is 53.1 Å². The highest BCUT2D eigenvalue weighted by Gasteiger charge is 2.48. The molecule has 0 aliphatic carbocycles. The van der Waals surface area contributed by atoms with E-state index >= 15 is 0 Å². The second kappa shape index (κ2) is 8.86. The fourth-order valence-electron chi connectivity index (χ4n) is 2.34. The summed E-state index contributed by atoms with van der Waals surface area (Å²) in [5.74, 6) is -12.0.